The standard InChI is InChI=1S/C20H25NO3/c1-14(2)24-19-8-7-15-5-3-4-6-17(15)18(19)13-21-11-9-16(10-12-21)20(22)23/h3-8,14,16H,9-13H2,1-2H3,(H,22,23). The van der Waals surface area contributed by atoms with E-state index >= 15 is 0 Å². The predicted octanol–water partition coefficient (Wildman–Crippen LogP) is 3.92. The number of rotatable bonds is 5. The van der Waals surface area contributed by atoms with Crippen molar-refractivity contribution in [2.75, 3.05) is 13.1 Å². The molecule has 0 aliphatic carbocycles. The number of aliphatic carboxylic acids is 1. The van der Waals surface area contributed by atoms with Crippen molar-refractivity contribution in [1.29, 1.82) is 0 Å². The molecule has 0 atom stereocenters. The van der Waals surface area contributed by atoms with Crippen molar-refractivity contribution in [1.82, 2.24) is 4.90 Å². The number of carboxylic acids is 1. The molecule has 1 aliphatic rings. The number of ether oxygens (including phenoxy) is 1. The second kappa shape index (κ2) is 7.22. The largest absolute Gasteiger partial charge is 0.491 e. The van der Waals surface area contributed by atoms with Gasteiger partial charge in [-0.1, -0.05) is 30.3 Å². The third-order valence-corrected chi connectivity index (χ3v) is 4.68. The van der Waals surface area contributed by atoms with Gasteiger partial charge < -0.3 is 9.84 Å². The van der Waals surface area contributed by atoms with Crippen LogP contribution in [0.1, 0.15) is 32.3 Å². The van der Waals surface area contributed by atoms with E-state index < -0.39 is 5.97 Å². The highest BCUT2D eigenvalue weighted by Crippen LogP contribution is 2.31. The molecule has 2 aromatic rings. The van der Waals surface area contributed by atoms with E-state index in [1.165, 1.54) is 16.3 Å². The molecule has 4 nitrogen and oxygen atoms in total. The topological polar surface area (TPSA) is 49.8 Å². The van der Waals surface area contributed by atoms with E-state index in [4.69, 9.17) is 9.84 Å². The zero-order valence-electron chi connectivity index (χ0n) is 14.4. The van der Waals surface area contributed by atoms with Gasteiger partial charge in [-0.05, 0) is 56.6 Å². The number of hydrogen-bond acceptors (Lipinski definition) is 3. The molecule has 2 aromatic carbocycles. The molecule has 1 saturated heterocycles. The summed E-state index contributed by atoms with van der Waals surface area (Å²) in [6.07, 6.45) is 1.57. The van der Waals surface area contributed by atoms with Crippen molar-refractivity contribution in [3.8, 4) is 5.75 Å². The molecular weight excluding hydrogens is 302 g/mol. The maximum atomic E-state index is 11.1. The van der Waals surface area contributed by atoms with Crippen LogP contribution in [0.15, 0.2) is 36.4 Å². The molecule has 0 radical (unpaired) electrons. The van der Waals surface area contributed by atoms with Crippen molar-refractivity contribution >= 4 is 16.7 Å². The molecule has 1 heterocycles. The maximum Gasteiger partial charge on any atom is 0.306 e. The summed E-state index contributed by atoms with van der Waals surface area (Å²) in [7, 11) is 0. The molecule has 0 bridgehead atoms. The second-order valence-electron chi connectivity index (χ2n) is 6.82. The monoisotopic (exact) mass is 327 g/mol. The Hall–Kier alpha value is -2.07. The third-order valence-electron chi connectivity index (χ3n) is 4.68. The minimum atomic E-state index is -0.663. The molecular formula is C20H25NO3. The summed E-state index contributed by atoms with van der Waals surface area (Å²) in [5.74, 6) is 0.0767. The summed E-state index contributed by atoms with van der Waals surface area (Å²) >= 11 is 0. The normalized spacial score (nSPS) is 16.6. The smallest absolute Gasteiger partial charge is 0.306 e. The van der Waals surface area contributed by atoms with E-state index in [1.54, 1.807) is 0 Å². The van der Waals surface area contributed by atoms with Crippen LogP contribution in [-0.2, 0) is 11.3 Å². The number of benzene rings is 2. The minimum absolute atomic E-state index is 0.127. The van der Waals surface area contributed by atoms with Crippen LogP contribution in [0.2, 0.25) is 0 Å². The van der Waals surface area contributed by atoms with Gasteiger partial charge in [0.25, 0.3) is 0 Å². The summed E-state index contributed by atoms with van der Waals surface area (Å²) in [6.45, 7) is 6.52. The lowest BCUT2D eigenvalue weighted by molar-refractivity contribution is -0.143. The molecule has 1 aliphatic heterocycles. The Bertz CT molecular complexity index is 718. The molecule has 0 spiro atoms. The SMILES string of the molecule is CC(C)Oc1ccc2ccccc2c1CN1CCC(C(=O)O)CC1. The van der Waals surface area contributed by atoms with Gasteiger partial charge in [0.2, 0.25) is 0 Å². The first-order valence-electron chi connectivity index (χ1n) is 8.67. The number of nitrogens with zero attached hydrogens (tertiary/aromatic N) is 1. The Morgan fingerprint density at radius 3 is 2.58 bits per heavy atom. The Morgan fingerprint density at radius 2 is 1.92 bits per heavy atom. The van der Waals surface area contributed by atoms with E-state index in [0.717, 1.165) is 38.2 Å². The van der Waals surface area contributed by atoms with Gasteiger partial charge in [0.15, 0.2) is 0 Å². The van der Waals surface area contributed by atoms with Gasteiger partial charge in [-0.15, -0.1) is 0 Å². The number of fused-ring (bicyclic) bond motifs is 1. The van der Waals surface area contributed by atoms with Crippen LogP contribution in [0, 0.1) is 5.92 Å². The molecule has 0 unspecified atom stereocenters. The Kier molecular flexibility index (Phi) is 5.05. The van der Waals surface area contributed by atoms with E-state index in [2.05, 4.69) is 35.2 Å². The van der Waals surface area contributed by atoms with E-state index in [1.807, 2.05) is 19.9 Å². The highest BCUT2D eigenvalue weighted by atomic mass is 16.5. The lowest BCUT2D eigenvalue weighted by Gasteiger charge is -2.31. The zero-order valence-corrected chi connectivity index (χ0v) is 14.4. The minimum Gasteiger partial charge on any atom is -0.491 e. The van der Waals surface area contributed by atoms with Crippen LogP contribution >= 0.6 is 0 Å². The molecule has 0 aromatic heterocycles. The van der Waals surface area contributed by atoms with E-state index in [-0.39, 0.29) is 12.0 Å². The molecule has 0 amide bonds. The van der Waals surface area contributed by atoms with Crippen LogP contribution in [0.5, 0.6) is 5.75 Å². The predicted molar refractivity (Wildman–Crippen MR) is 95.3 cm³/mol. The highest BCUT2D eigenvalue weighted by Gasteiger charge is 2.25. The van der Waals surface area contributed by atoms with Crippen LogP contribution in [0.25, 0.3) is 10.8 Å². The second-order valence-corrected chi connectivity index (χ2v) is 6.82. The Balaban J connectivity index is 1.85. The third kappa shape index (κ3) is 3.70. The summed E-state index contributed by atoms with van der Waals surface area (Å²) in [4.78, 5) is 13.5. The van der Waals surface area contributed by atoms with Crippen molar-refractivity contribution in [3.05, 3.63) is 42.0 Å². The van der Waals surface area contributed by atoms with Crippen LogP contribution < -0.4 is 4.74 Å². The average Bonchev–Trinajstić information content (AvgIpc) is 2.57. The molecule has 1 fully saturated rings. The number of carboxylic acid groups (broad SMARTS) is 1. The first kappa shape index (κ1) is 16.8. The van der Waals surface area contributed by atoms with Gasteiger partial charge in [0.1, 0.15) is 5.75 Å². The zero-order chi connectivity index (χ0) is 17.1. The molecule has 128 valence electrons. The van der Waals surface area contributed by atoms with E-state index in [9.17, 15) is 4.79 Å². The van der Waals surface area contributed by atoms with Gasteiger partial charge in [0, 0.05) is 12.1 Å². The van der Waals surface area contributed by atoms with Crippen molar-refractivity contribution in [2.45, 2.75) is 39.3 Å². The molecule has 4 heteroatoms. The fourth-order valence-electron chi connectivity index (χ4n) is 3.41. The van der Waals surface area contributed by atoms with Crippen molar-refractivity contribution in [2.24, 2.45) is 5.92 Å². The highest BCUT2D eigenvalue weighted by molar-refractivity contribution is 5.87. The summed E-state index contributed by atoms with van der Waals surface area (Å²) in [6, 6.07) is 12.5. The number of likely N-dealkylation sites (tertiary alicyclic amines) is 1. The van der Waals surface area contributed by atoms with Gasteiger partial charge in [-0.2, -0.15) is 0 Å². The average molecular weight is 327 g/mol. The molecule has 24 heavy (non-hydrogen) atoms. The first-order valence-corrected chi connectivity index (χ1v) is 8.67. The summed E-state index contributed by atoms with van der Waals surface area (Å²) < 4.78 is 6.03. The van der Waals surface area contributed by atoms with Gasteiger partial charge in [-0.3, -0.25) is 9.69 Å². The van der Waals surface area contributed by atoms with Crippen LogP contribution in [0.4, 0.5) is 0 Å². The van der Waals surface area contributed by atoms with Crippen molar-refractivity contribution in [3.63, 3.8) is 0 Å². The fraction of sp³-hybridized carbons (Fsp3) is 0.450. The van der Waals surface area contributed by atoms with Gasteiger partial charge >= 0.3 is 5.97 Å². The first-order chi connectivity index (χ1) is 11.5. The molecule has 3 rings (SSSR count). The number of piperidine rings is 1. The van der Waals surface area contributed by atoms with Gasteiger partial charge in [-0.25, -0.2) is 0 Å². The Labute approximate surface area is 143 Å². The maximum absolute atomic E-state index is 11.1. The quantitative estimate of drug-likeness (QED) is 0.904. The molecule has 0 saturated carbocycles. The Morgan fingerprint density at radius 1 is 1.21 bits per heavy atom. The number of hydrogen-bond donors (Lipinski definition) is 1. The van der Waals surface area contributed by atoms with Crippen molar-refractivity contribution < 1.29 is 14.6 Å². The molecule has 1 N–H and O–H groups in total. The number of carbonyl (C=O) groups is 1. The summed E-state index contributed by atoms with van der Waals surface area (Å²) in [5, 5.41) is 11.6. The summed E-state index contributed by atoms with van der Waals surface area (Å²) in [5.41, 5.74) is 1.20. The van der Waals surface area contributed by atoms with Crippen LogP contribution in [0.3, 0.4) is 0 Å². The van der Waals surface area contributed by atoms with Crippen LogP contribution in [-0.4, -0.2) is 35.2 Å². The lowest BCUT2D eigenvalue weighted by atomic mass is 9.96. The van der Waals surface area contributed by atoms with Gasteiger partial charge in [0.05, 0.1) is 12.0 Å². The fourth-order valence-corrected chi connectivity index (χ4v) is 3.41. The van der Waals surface area contributed by atoms with E-state index in [0.29, 0.717) is 0 Å². The lowest BCUT2D eigenvalue weighted by Crippen LogP contribution is -2.36.